The van der Waals surface area contributed by atoms with Crippen LogP contribution in [0.3, 0.4) is 0 Å². The highest BCUT2D eigenvalue weighted by molar-refractivity contribution is 6.07. The number of amides is 2. The fraction of sp³-hybridized carbons (Fsp3) is 0.200. The number of benzene rings is 1. The van der Waals surface area contributed by atoms with Crippen LogP contribution in [-0.2, 0) is 4.79 Å². The predicted molar refractivity (Wildman–Crippen MR) is 107 cm³/mol. The minimum Gasteiger partial charge on any atom is -0.359 e. The van der Waals surface area contributed by atoms with Crippen LogP contribution >= 0.6 is 0 Å². The van der Waals surface area contributed by atoms with E-state index in [1.54, 1.807) is 13.1 Å². The molecule has 3 heterocycles. The average Bonchev–Trinajstić information content (AvgIpc) is 3.03. The molecule has 0 unspecified atom stereocenters. The van der Waals surface area contributed by atoms with E-state index < -0.39 is 0 Å². The summed E-state index contributed by atoms with van der Waals surface area (Å²) in [5.74, 6) is 0.222. The van der Waals surface area contributed by atoms with E-state index in [-0.39, 0.29) is 18.4 Å². The molecule has 4 rings (SSSR count). The zero-order valence-electron chi connectivity index (χ0n) is 15.9. The molecule has 8 nitrogen and oxygen atoms in total. The van der Waals surface area contributed by atoms with Crippen LogP contribution in [0, 0.1) is 13.8 Å². The van der Waals surface area contributed by atoms with Crippen LogP contribution in [0.1, 0.15) is 21.7 Å². The van der Waals surface area contributed by atoms with E-state index in [0.29, 0.717) is 22.8 Å². The van der Waals surface area contributed by atoms with Crippen molar-refractivity contribution < 1.29 is 9.59 Å². The summed E-state index contributed by atoms with van der Waals surface area (Å²) in [6.07, 6.45) is 1.50. The van der Waals surface area contributed by atoms with Crippen molar-refractivity contribution in [3.8, 4) is 5.69 Å². The third kappa shape index (κ3) is 3.20. The van der Waals surface area contributed by atoms with Crippen molar-refractivity contribution in [2.75, 3.05) is 29.1 Å². The number of anilines is 3. The van der Waals surface area contributed by atoms with Crippen LogP contribution in [0.2, 0.25) is 0 Å². The Bertz CT molecular complexity index is 1070. The van der Waals surface area contributed by atoms with Gasteiger partial charge in [0.15, 0.2) is 0 Å². The molecular weight excluding hydrogens is 356 g/mol. The van der Waals surface area contributed by atoms with Gasteiger partial charge in [0.2, 0.25) is 5.91 Å². The molecule has 1 aliphatic heterocycles. The molecule has 0 bridgehead atoms. The van der Waals surface area contributed by atoms with Crippen LogP contribution in [0.25, 0.3) is 5.69 Å². The molecule has 8 heteroatoms. The molecule has 1 aromatic carbocycles. The van der Waals surface area contributed by atoms with Gasteiger partial charge < -0.3 is 15.5 Å². The first-order valence-corrected chi connectivity index (χ1v) is 8.88. The average molecular weight is 376 g/mol. The number of aromatic nitrogens is 3. The van der Waals surface area contributed by atoms with Crippen molar-refractivity contribution in [2.45, 2.75) is 13.8 Å². The number of nitrogens with one attached hydrogen (secondary N) is 2. The van der Waals surface area contributed by atoms with Gasteiger partial charge in [-0.05, 0) is 50.2 Å². The third-order valence-electron chi connectivity index (χ3n) is 4.65. The maximum atomic E-state index is 12.6. The second-order valence-electron chi connectivity index (χ2n) is 6.74. The van der Waals surface area contributed by atoms with Crippen molar-refractivity contribution >= 4 is 29.0 Å². The molecule has 0 atom stereocenters. The van der Waals surface area contributed by atoms with Crippen LogP contribution in [-0.4, -0.2) is 40.2 Å². The summed E-state index contributed by atoms with van der Waals surface area (Å²) >= 11 is 0. The number of hydrogen-bond donors (Lipinski definition) is 2. The Labute approximate surface area is 162 Å². The highest BCUT2D eigenvalue weighted by atomic mass is 16.2. The molecule has 0 saturated heterocycles. The summed E-state index contributed by atoms with van der Waals surface area (Å²) in [4.78, 5) is 30.2. The topological polar surface area (TPSA) is 92.2 Å². The van der Waals surface area contributed by atoms with Crippen molar-refractivity contribution in [3.05, 3.63) is 59.5 Å². The Balaban J connectivity index is 1.53. The first-order valence-electron chi connectivity index (χ1n) is 8.88. The van der Waals surface area contributed by atoms with Crippen LogP contribution in [0.4, 0.5) is 17.2 Å². The number of carbonyl (C=O) groups excluding carboxylic acids is 2. The lowest BCUT2D eigenvalue weighted by Gasteiger charge is -2.26. The Morgan fingerprint density at radius 1 is 1.18 bits per heavy atom. The fourth-order valence-corrected chi connectivity index (χ4v) is 3.16. The zero-order chi connectivity index (χ0) is 19.8. The summed E-state index contributed by atoms with van der Waals surface area (Å²) in [5, 5.41) is 10.3. The van der Waals surface area contributed by atoms with E-state index >= 15 is 0 Å². The molecule has 28 heavy (non-hydrogen) atoms. The molecule has 3 aromatic rings. The number of fused-ring (bicyclic) bond motifs is 1. The molecule has 0 radical (unpaired) electrons. The number of hydrogen-bond acceptors (Lipinski definition) is 5. The van der Waals surface area contributed by atoms with Crippen LogP contribution in [0.15, 0.2) is 42.6 Å². The number of pyridine rings is 1. The number of nitrogens with zero attached hydrogens (tertiary/aromatic N) is 4. The van der Waals surface area contributed by atoms with Crippen molar-refractivity contribution in [1.29, 1.82) is 0 Å². The van der Waals surface area contributed by atoms with E-state index in [0.717, 1.165) is 17.1 Å². The second kappa shape index (κ2) is 6.80. The molecule has 0 aliphatic carbocycles. The lowest BCUT2D eigenvalue weighted by Crippen LogP contribution is -2.37. The first-order chi connectivity index (χ1) is 13.4. The third-order valence-corrected chi connectivity index (χ3v) is 4.65. The normalized spacial score (nSPS) is 13.1. The molecule has 2 amide bonds. The van der Waals surface area contributed by atoms with E-state index in [2.05, 4.69) is 20.7 Å². The highest BCUT2D eigenvalue weighted by Gasteiger charge is 2.23. The molecular formula is C20H20N6O2. The largest absolute Gasteiger partial charge is 0.359 e. The van der Waals surface area contributed by atoms with E-state index in [4.69, 9.17) is 0 Å². The SMILES string of the molecule is Cc1cc(C)n(-c2ccc(NC(=O)c3cnc4c(c3)N(C)C(=O)CN4)cc2)n1. The van der Waals surface area contributed by atoms with Gasteiger partial charge in [-0.1, -0.05) is 0 Å². The lowest BCUT2D eigenvalue weighted by atomic mass is 10.2. The minimum absolute atomic E-state index is 0.0772. The lowest BCUT2D eigenvalue weighted by molar-refractivity contribution is -0.116. The Hall–Kier alpha value is -3.68. The number of aryl methyl sites for hydroxylation is 2. The molecule has 2 N–H and O–H groups in total. The Morgan fingerprint density at radius 2 is 1.93 bits per heavy atom. The standard InChI is InChI=1S/C20H20N6O2/c1-12-8-13(2)26(24-12)16-6-4-15(5-7-16)23-20(28)14-9-17-19(21-10-14)22-11-18(27)25(17)3/h4-10H,11H2,1-3H3,(H,21,22)(H,23,28). The maximum absolute atomic E-state index is 12.6. The monoisotopic (exact) mass is 376 g/mol. The summed E-state index contributed by atoms with van der Waals surface area (Å²) < 4.78 is 1.86. The van der Waals surface area contributed by atoms with E-state index in [9.17, 15) is 9.59 Å². The van der Waals surface area contributed by atoms with E-state index in [1.165, 1.54) is 11.1 Å². The van der Waals surface area contributed by atoms with Gasteiger partial charge in [0.25, 0.3) is 5.91 Å². The molecule has 0 saturated carbocycles. The van der Waals surface area contributed by atoms with Crippen molar-refractivity contribution in [3.63, 3.8) is 0 Å². The van der Waals surface area contributed by atoms with Crippen molar-refractivity contribution in [2.24, 2.45) is 0 Å². The minimum atomic E-state index is -0.291. The molecule has 142 valence electrons. The van der Waals surface area contributed by atoms with Gasteiger partial charge in [0, 0.05) is 24.6 Å². The first kappa shape index (κ1) is 17.7. The molecule has 0 fully saturated rings. The molecule has 2 aromatic heterocycles. The summed E-state index contributed by atoms with van der Waals surface area (Å²) in [6.45, 7) is 4.14. The maximum Gasteiger partial charge on any atom is 0.257 e. The quantitative estimate of drug-likeness (QED) is 0.733. The van der Waals surface area contributed by atoms with Gasteiger partial charge in [-0.25, -0.2) is 9.67 Å². The predicted octanol–water partition coefficient (Wildman–Crippen LogP) is 2.52. The van der Waals surface area contributed by atoms with Gasteiger partial charge in [-0.15, -0.1) is 0 Å². The smallest absolute Gasteiger partial charge is 0.257 e. The second-order valence-corrected chi connectivity index (χ2v) is 6.74. The molecule has 0 spiro atoms. The van der Waals surface area contributed by atoms with Crippen LogP contribution in [0.5, 0.6) is 0 Å². The fourth-order valence-electron chi connectivity index (χ4n) is 3.16. The number of likely N-dealkylation sites (N-methyl/N-ethyl adjacent to an activating group) is 1. The zero-order valence-corrected chi connectivity index (χ0v) is 15.9. The summed E-state index contributed by atoms with van der Waals surface area (Å²) in [7, 11) is 1.67. The van der Waals surface area contributed by atoms with Gasteiger partial charge in [0.1, 0.15) is 5.82 Å². The molecule has 1 aliphatic rings. The summed E-state index contributed by atoms with van der Waals surface area (Å²) in [6, 6.07) is 11.1. The number of carbonyl (C=O) groups is 2. The van der Waals surface area contributed by atoms with Crippen LogP contribution < -0.4 is 15.5 Å². The summed E-state index contributed by atoms with van der Waals surface area (Å²) in [5.41, 5.74) is 4.55. The highest BCUT2D eigenvalue weighted by Crippen LogP contribution is 2.27. The van der Waals surface area contributed by atoms with Gasteiger partial charge in [-0.2, -0.15) is 5.10 Å². The Kier molecular flexibility index (Phi) is 4.31. The Morgan fingerprint density at radius 3 is 2.61 bits per heavy atom. The van der Waals surface area contributed by atoms with Gasteiger partial charge in [-0.3, -0.25) is 9.59 Å². The van der Waals surface area contributed by atoms with Gasteiger partial charge in [0.05, 0.1) is 29.2 Å². The van der Waals surface area contributed by atoms with E-state index in [1.807, 2.05) is 48.9 Å². The van der Waals surface area contributed by atoms with Crippen molar-refractivity contribution in [1.82, 2.24) is 14.8 Å². The number of rotatable bonds is 3. The van der Waals surface area contributed by atoms with Gasteiger partial charge >= 0.3 is 0 Å².